The number of hydrogen-bond donors (Lipinski definition) is 0. The van der Waals surface area contributed by atoms with E-state index in [4.69, 9.17) is 0 Å². The van der Waals surface area contributed by atoms with Gasteiger partial charge in [0.2, 0.25) is 0 Å². The highest BCUT2D eigenvalue weighted by atomic mass is 14.1. The summed E-state index contributed by atoms with van der Waals surface area (Å²) in [5.74, 6) is 0. The quantitative estimate of drug-likeness (QED) is 0.171. The molecule has 0 N–H and O–H groups in total. The van der Waals surface area contributed by atoms with Gasteiger partial charge in [0.25, 0.3) is 0 Å². The Kier molecular flexibility index (Phi) is 5.87. The van der Waals surface area contributed by atoms with Crippen LogP contribution in [0.15, 0.2) is 97.1 Å². The van der Waals surface area contributed by atoms with Crippen LogP contribution >= 0.6 is 0 Å². The second kappa shape index (κ2) is 9.47. The predicted molar refractivity (Wildman–Crippen MR) is 160 cm³/mol. The van der Waals surface area contributed by atoms with Crippen molar-refractivity contribution in [3.8, 4) is 0 Å². The monoisotopic (exact) mass is 462 g/mol. The summed E-state index contributed by atoms with van der Waals surface area (Å²) in [5, 5.41) is 7.92. The lowest BCUT2D eigenvalue weighted by molar-refractivity contribution is 1.14. The van der Waals surface area contributed by atoms with Crippen molar-refractivity contribution in [2.24, 2.45) is 0 Å². The Morgan fingerprint density at radius 1 is 0.417 bits per heavy atom. The maximum absolute atomic E-state index is 2.29. The molecule has 0 aliphatic heterocycles. The molecule has 0 atom stereocenters. The van der Waals surface area contributed by atoms with Gasteiger partial charge in [0.05, 0.1) is 0 Å². The van der Waals surface area contributed by atoms with Gasteiger partial charge in [0, 0.05) is 0 Å². The van der Waals surface area contributed by atoms with Gasteiger partial charge < -0.3 is 0 Å². The Labute approximate surface area is 213 Å². The second-order valence-electron chi connectivity index (χ2n) is 9.59. The number of aryl methyl sites for hydroxylation is 2. The van der Waals surface area contributed by atoms with Crippen molar-refractivity contribution >= 4 is 56.6 Å². The van der Waals surface area contributed by atoms with Crippen LogP contribution in [-0.2, 0) is 12.8 Å². The highest BCUT2D eigenvalue weighted by Gasteiger charge is 2.11. The first-order chi connectivity index (χ1) is 17.7. The molecule has 174 valence electrons. The molecule has 0 aliphatic rings. The Morgan fingerprint density at radius 3 is 1.19 bits per heavy atom. The van der Waals surface area contributed by atoms with Crippen LogP contribution in [0.1, 0.15) is 47.2 Å². The number of hydrogen-bond acceptors (Lipinski definition) is 0. The Balaban J connectivity index is 1.44. The molecule has 0 fully saturated rings. The van der Waals surface area contributed by atoms with Crippen LogP contribution in [0.4, 0.5) is 0 Å². The van der Waals surface area contributed by atoms with Crippen molar-refractivity contribution < 1.29 is 0 Å². The topological polar surface area (TPSA) is 0 Å². The second-order valence-corrected chi connectivity index (χ2v) is 9.59. The summed E-state index contributed by atoms with van der Waals surface area (Å²) in [6.45, 7) is 4.39. The number of benzene rings is 6. The predicted octanol–water partition coefficient (Wildman–Crippen LogP) is 10.0. The molecule has 0 heterocycles. The van der Waals surface area contributed by atoms with E-state index in [1.807, 2.05) is 0 Å². The van der Waals surface area contributed by atoms with E-state index in [0.29, 0.717) is 0 Å². The minimum Gasteiger partial charge on any atom is -0.0613 e. The molecule has 0 aromatic heterocycles. The fraction of sp³-hybridized carbons (Fsp3) is 0.111. The van der Waals surface area contributed by atoms with E-state index >= 15 is 0 Å². The van der Waals surface area contributed by atoms with Gasteiger partial charge in [-0.05, 0) is 78.5 Å². The lowest BCUT2D eigenvalue weighted by Gasteiger charge is -2.14. The SMILES string of the molecule is CCc1ccc(C=Cc2ccc3ccc4c(C=Cc5ccc(CC)cc5)ccc5ccc2c3c54)cc1. The van der Waals surface area contributed by atoms with Crippen LogP contribution in [0.5, 0.6) is 0 Å². The van der Waals surface area contributed by atoms with Gasteiger partial charge in [-0.25, -0.2) is 0 Å². The molecule has 0 saturated heterocycles. The van der Waals surface area contributed by atoms with E-state index in [1.54, 1.807) is 0 Å². The zero-order chi connectivity index (χ0) is 24.5. The third-order valence-electron chi connectivity index (χ3n) is 7.42. The summed E-state index contributed by atoms with van der Waals surface area (Å²) in [6, 6.07) is 35.9. The Hall–Kier alpha value is -4.16. The van der Waals surface area contributed by atoms with Gasteiger partial charge in [-0.3, -0.25) is 0 Å². The van der Waals surface area contributed by atoms with Gasteiger partial charge in [0.1, 0.15) is 0 Å². The molecule has 6 aromatic rings. The van der Waals surface area contributed by atoms with Crippen LogP contribution in [0, 0.1) is 0 Å². The molecule has 0 radical (unpaired) electrons. The zero-order valence-electron chi connectivity index (χ0n) is 21.0. The maximum Gasteiger partial charge on any atom is -0.00206 e. The molecule has 6 rings (SSSR count). The van der Waals surface area contributed by atoms with Crippen molar-refractivity contribution in [3.63, 3.8) is 0 Å². The van der Waals surface area contributed by atoms with Crippen LogP contribution in [0.25, 0.3) is 56.6 Å². The summed E-state index contributed by atoms with van der Waals surface area (Å²) in [5.41, 5.74) is 7.73. The van der Waals surface area contributed by atoms with Crippen LogP contribution in [0.2, 0.25) is 0 Å². The third-order valence-corrected chi connectivity index (χ3v) is 7.42. The summed E-state index contributed by atoms with van der Waals surface area (Å²) in [7, 11) is 0. The molecule has 6 aromatic carbocycles. The third kappa shape index (κ3) is 4.10. The van der Waals surface area contributed by atoms with E-state index in [-0.39, 0.29) is 0 Å². The van der Waals surface area contributed by atoms with Crippen molar-refractivity contribution in [1.82, 2.24) is 0 Å². The molecule has 36 heavy (non-hydrogen) atoms. The standard InChI is InChI=1S/C36H30/c1-3-25-5-9-27(10-6-25)13-15-29-17-19-31-22-24-34-30(16-14-28-11-7-26(4-2)8-12-28)18-20-32-21-23-33(29)35(31)36(32)34/h5-24H,3-4H2,1-2H3. The first-order valence-corrected chi connectivity index (χ1v) is 13.0. The van der Waals surface area contributed by atoms with Crippen LogP contribution in [0.3, 0.4) is 0 Å². The molecule has 0 saturated carbocycles. The molecule has 0 spiro atoms. The van der Waals surface area contributed by atoms with Gasteiger partial charge >= 0.3 is 0 Å². The summed E-state index contributed by atoms with van der Waals surface area (Å²) >= 11 is 0. The van der Waals surface area contributed by atoms with Crippen LogP contribution < -0.4 is 0 Å². The molecule has 0 nitrogen and oxygen atoms in total. The lowest BCUT2D eigenvalue weighted by Crippen LogP contribution is -1.88. The summed E-state index contributed by atoms with van der Waals surface area (Å²) < 4.78 is 0. The van der Waals surface area contributed by atoms with Gasteiger partial charge in [-0.2, -0.15) is 0 Å². The first kappa shape index (κ1) is 22.3. The minimum absolute atomic E-state index is 1.07. The van der Waals surface area contributed by atoms with E-state index < -0.39 is 0 Å². The van der Waals surface area contributed by atoms with Crippen molar-refractivity contribution in [1.29, 1.82) is 0 Å². The summed E-state index contributed by atoms with van der Waals surface area (Å²) in [4.78, 5) is 0. The van der Waals surface area contributed by atoms with E-state index in [0.717, 1.165) is 12.8 Å². The molecule has 0 amide bonds. The lowest BCUT2D eigenvalue weighted by atomic mass is 9.89. The van der Waals surface area contributed by atoms with Crippen molar-refractivity contribution in [3.05, 3.63) is 130 Å². The van der Waals surface area contributed by atoms with Gasteiger partial charge in [-0.15, -0.1) is 0 Å². The van der Waals surface area contributed by atoms with E-state index in [9.17, 15) is 0 Å². The zero-order valence-corrected chi connectivity index (χ0v) is 21.0. The number of rotatable bonds is 6. The molecule has 0 aliphatic carbocycles. The van der Waals surface area contributed by atoms with Crippen molar-refractivity contribution in [2.45, 2.75) is 26.7 Å². The highest BCUT2D eigenvalue weighted by molar-refractivity contribution is 6.25. The molecule has 0 heteroatoms. The molecule has 0 bridgehead atoms. The smallest absolute Gasteiger partial charge is 0.00206 e. The first-order valence-electron chi connectivity index (χ1n) is 13.0. The Morgan fingerprint density at radius 2 is 0.806 bits per heavy atom. The molecular weight excluding hydrogens is 432 g/mol. The normalized spacial score (nSPS) is 12.2. The van der Waals surface area contributed by atoms with Crippen LogP contribution in [-0.4, -0.2) is 0 Å². The Bertz CT molecular complexity index is 1580. The van der Waals surface area contributed by atoms with Gasteiger partial charge in [0.15, 0.2) is 0 Å². The van der Waals surface area contributed by atoms with E-state index in [2.05, 4.69) is 135 Å². The average Bonchev–Trinajstić information content (AvgIpc) is 2.94. The summed E-state index contributed by atoms with van der Waals surface area (Å²) in [6.07, 6.45) is 11.1. The van der Waals surface area contributed by atoms with Gasteiger partial charge in [-0.1, -0.05) is 135 Å². The minimum atomic E-state index is 1.07. The molecular formula is C36H30. The highest BCUT2D eigenvalue weighted by Crippen LogP contribution is 2.38. The fourth-order valence-electron chi connectivity index (χ4n) is 5.24. The molecule has 0 unspecified atom stereocenters. The van der Waals surface area contributed by atoms with Crippen molar-refractivity contribution in [2.75, 3.05) is 0 Å². The average molecular weight is 463 g/mol. The fourth-order valence-corrected chi connectivity index (χ4v) is 5.24. The largest absolute Gasteiger partial charge is 0.0613 e. The maximum atomic E-state index is 2.29. The van der Waals surface area contributed by atoms with E-state index in [1.165, 1.54) is 65.7 Å².